The van der Waals surface area contributed by atoms with E-state index in [2.05, 4.69) is 11.6 Å². The normalized spacial score (nSPS) is 32.3. The number of carbonyl (C=O) groups is 1. The zero-order valence-corrected chi connectivity index (χ0v) is 10.6. The van der Waals surface area contributed by atoms with Crippen molar-refractivity contribution in [3.8, 4) is 0 Å². The third-order valence-electron chi connectivity index (χ3n) is 3.76. The second kappa shape index (κ2) is 5.41. The molecule has 3 unspecified atom stereocenters. The Morgan fingerprint density at radius 2 is 2.00 bits per heavy atom. The van der Waals surface area contributed by atoms with Gasteiger partial charge in [0.2, 0.25) is 0 Å². The van der Waals surface area contributed by atoms with Crippen LogP contribution >= 0.6 is 11.8 Å². The maximum absolute atomic E-state index is 11.2. The Morgan fingerprint density at radius 1 is 1.31 bits per heavy atom. The second-order valence-corrected chi connectivity index (χ2v) is 6.06. The van der Waals surface area contributed by atoms with Crippen molar-refractivity contribution >= 4 is 17.7 Å². The molecule has 3 atom stereocenters. The molecular formula is C12H21NO2S. The van der Waals surface area contributed by atoms with Crippen molar-refractivity contribution in [2.24, 2.45) is 5.92 Å². The predicted molar refractivity (Wildman–Crippen MR) is 66.8 cm³/mol. The van der Waals surface area contributed by atoms with Crippen LogP contribution in [-0.4, -0.2) is 34.7 Å². The molecule has 2 N–H and O–H groups in total. The largest absolute Gasteiger partial charge is 0.480 e. The van der Waals surface area contributed by atoms with Crippen LogP contribution in [0.1, 0.15) is 38.5 Å². The molecule has 0 saturated heterocycles. The fourth-order valence-electron chi connectivity index (χ4n) is 2.64. The number of carboxylic acids is 1. The maximum atomic E-state index is 11.2. The molecule has 0 aromatic heterocycles. The number of hydrogen-bond acceptors (Lipinski definition) is 3. The number of hydrogen-bond donors (Lipinski definition) is 2. The second-order valence-electron chi connectivity index (χ2n) is 4.99. The Morgan fingerprint density at radius 3 is 2.56 bits per heavy atom. The summed E-state index contributed by atoms with van der Waals surface area (Å²) in [6.07, 6.45) is 9.22. The lowest BCUT2D eigenvalue weighted by molar-refractivity contribution is -0.140. The van der Waals surface area contributed by atoms with Gasteiger partial charge in [-0.1, -0.05) is 12.8 Å². The van der Waals surface area contributed by atoms with Crippen LogP contribution < -0.4 is 5.32 Å². The Balaban J connectivity index is 1.92. The van der Waals surface area contributed by atoms with Crippen molar-refractivity contribution < 1.29 is 9.90 Å². The Labute approximate surface area is 101 Å². The van der Waals surface area contributed by atoms with Crippen LogP contribution in [0.4, 0.5) is 0 Å². The lowest BCUT2D eigenvalue weighted by Gasteiger charge is -2.33. The van der Waals surface area contributed by atoms with E-state index in [-0.39, 0.29) is 6.04 Å². The SMILES string of the molecule is CSC1CCCCC1NC(C(=O)O)C1CC1. The van der Waals surface area contributed by atoms with E-state index in [9.17, 15) is 9.90 Å². The predicted octanol–water partition coefficient (Wildman–Crippen LogP) is 2.11. The molecule has 2 saturated carbocycles. The van der Waals surface area contributed by atoms with Crippen molar-refractivity contribution in [3.63, 3.8) is 0 Å². The third-order valence-corrected chi connectivity index (χ3v) is 4.93. The first-order valence-corrected chi connectivity index (χ1v) is 7.53. The molecule has 0 bridgehead atoms. The number of aliphatic carboxylic acids is 1. The minimum atomic E-state index is -0.659. The molecule has 2 rings (SSSR count). The molecule has 2 aliphatic carbocycles. The summed E-state index contributed by atoms with van der Waals surface area (Å²) in [5.41, 5.74) is 0. The zero-order valence-electron chi connectivity index (χ0n) is 9.82. The summed E-state index contributed by atoms with van der Waals surface area (Å²) in [6.45, 7) is 0. The van der Waals surface area contributed by atoms with Crippen molar-refractivity contribution in [3.05, 3.63) is 0 Å². The van der Waals surface area contributed by atoms with Crippen molar-refractivity contribution in [1.29, 1.82) is 0 Å². The molecule has 0 aromatic rings. The van der Waals surface area contributed by atoms with E-state index in [0.717, 1.165) is 19.3 Å². The van der Waals surface area contributed by atoms with Gasteiger partial charge in [-0.05, 0) is 37.9 Å². The van der Waals surface area contributed by atoms with E-state index in [1.54, 1.807) is 0 Å². The molecule has 2 fully saturated rings. The van der Waals surface area contributed by atoms with Crippen LogP contribution in [0.5, 0.6) is 0 Å². The Bertz CT molecular complexity index is 255. The Hall–Kier alpha value is -0.220. The molecule has 3 nitrogen and oxygen atoms in total. The molecule has 0 radical (unpaired) electrons. The minimum absolute atomic E-state index is 0.294. The van der Waals surface area contributed by atoms with E-state index < -0.39 is 5.97 Å². The topological polar surface area (TPSA) is 49.3 Å². The van der Waals surface area contributed by atoms with Crippen LogP contribution in [0.3, 0.4) is 0 Å². The summed E-state index contributed by atoms with van der Waals surface area (Å²) < 4.78 is 0. The average Bonchev–Trinajstić information content (AvgIpc) is 3.10. The van der Waals surface area contributed by atoms with Crippen LogP contribution in [0.15, 0.2) is 0 Å². The van der Waals surface area contributed by atoms with Gasteiger partial charge in [0, 0.05) is 11.3 Å². The lowest BCUT2D eigenvalue weighted by Crippen LogP contribution is -2.50. The van der Waals surface area contributed by atoms with Crippen LogP contribution in [0, 0.1) is 5.92 Å². The van der Waals surface area contributed by atoms with Gasteiger partial charge in [0.15, 0.2) is 0 Å². The highest BCUT2D eigenvalue weighted by molar-refractivity contribution is 7.99. The summed E-state index contributed by atoms with van der Waals surface area (Å²) >= 11 is 1.88. The first-order valence-electron chi connectivity index (χ1n) is 6.24. The van der Waals surface area contributed by atoms with Crippen LogP contribution in [-0.2, 0) is 4.79 Å². The monoisotopic (exact) mass is 243 g/mol. The molecule has 16 heavy (non-hydrogen) atoms. The molecule has 0 amide bonds. The molecule has 4 heteroatoms. The molecule has 0 spiro atoms. The smallest absolute Gasteiger partial charge is 0.320 e. The summed E-state index contributed by atoms with van der Waals surface area (Å²) in [5.74, 6) is -0.269. The summed E-state index contributed by atoms with van der Waals surface area (Å²) in [5, 5.41) is 13.2. The van der Waals surface area contributed by atoms with Gasteiger partial charge in [0.25, 0.3) is 0 Å². The number of nitrogens with one attached hydrogen (secondary N) is 1. The first-order chi connectivity index (χ1) is 7.72. The fraction of sp³-hybridized carbons (Fsp3) is 0.917. The maximum Gasteiger partial charge on any atom is 0.320 e. The van der Waals surface area contributed by atoms with Crippen LogP contribution in [0.25, 0.3) is 0 Å². The average molecular weight is 243 g/mol. The number of rotatable bonds is 5. The quantitative estimate of drug-likeness (QED) is 0.776. The van der Waals surface area contributed by atoms with Crippen LogP contribution in [0.2, 0.25) is 0 Å². The standard InChI is InChI=1S/C12H21NO2S/c1-16-10-5-3-2-4-9(10)13-11(12(14)15)8-6-7-8/h8-11,13H,2-7H2,1H3,(H,14,15). The highest BCUT2D eigenvalue weighted by atomic mass is 32.2. The van der Waals surface area contributed by atoms with E-state index >= 15 is 0 Å². The van der Waals surface area contributed by atoms with Crippen molar-refractivity contribution in [1.82, 2.24) is 5.32 Å². The molecular weight excluding hydrogens is 222 g/mol. The van der Waals surface area contributed by atoms with E-state index in [0.29, 0.717) is 17.2 Å². The Kier molecular flexibility index (Phi) is 4.14. The first kappa shape index (κ1) is 12.2. The molecule has 2 aliphatic rings. The molecule has 0 aromatic carbocycles. The summed E-state index contributed by atoms with van der Waals surface area (Å²) in [6, 6.07) is 0.114. The summed E-state index contributed by atoms with van der Waals surface area (Å²) in [7, 11) is 0. The van der Waals surface area contributed by atoms with Gasteiger partial charge in [-0.2, -0.15) is 11.8 Å². The van der Waals surface area contributed by atoms with Crippen molar-refractivity contribution in [2.45, 2.75) is 55.9 Å². The van der Waals surface area contributed by atoms with E-state index in [1.807, 2.05) is 11.8 Å². The molecule has 92 valence electrons. The van der Waals surface area contributed by atoms with Gasteiger partial charge in [-0.25, -0.2) is 0 Å². The summed E-state index contributed by atoms with van der Waals surface area (Å²) in [4.78, 5) is 11.2. The molecule has 0 aliphatic heterocycles. The van der Waals surface area contributed by atoms with Gasteiger partial charge in [0.1, 0.15) is 6.04 Å². The van der Waals surface area contributed by atoms with Gasteiger partial charge in [-0.3, -0.25) is 4.79 Å². The van der Waals surface area contributed by atoms with Gasteiger partial charge in [0.05, 0.1) is 0 Å². The molecule has 0 heterocycles. The minimum Gasteiger partial charge on any atom is -0.480 e. The number of thioether (sulfide) groups is 1. The zero-order chi connectivity index (χ0) is 11.5. The van der Waals surface area contributed by atoms with Crippen molar-refractivity contribution in [2.75, 3.05) is 6.26 Å². The van der Waals surface area contributed by atoms with Gasteiger partial charge < -0.3 is 10.4 Å². The highest BCUT2D eigenvalue weighted by Gasteiger charge is 2.38. The fourth-order valence-corrected chi connectivity index (χ4v) is 3.58. The van der Waals surface area contributed by atoms with E-state index in [1.165, 1.54) is 19.3 Å². The third kappa shape index (κ3) is 2.92. The van der Waals surface area contributed by atoms with Gasteiger partial charge >= 0.3 is 5.97 Å². The highest BCUT2D eigenvalue weighted by Crippen LogP contribution is 2.35. The lowest BCUT2D eigenvalue weighted by atomic mass is 9.93. The van der Waals surface area contributed by atoms with Gasteiger partial charge in [-0.15, -0.1) is 0 Å². The van der Waals surface area contributed by atoms with E-state index in [4.69, 9.17) is 0 Å². The number of carboxylic acid groups (broad SMARTS) is 1.